The molecular weight excluding hydrogens is 252 g/mol. The van der Waals surface area contributed by atoms with Gasteiger partial charge in [-0.1, -0.05) is 39.0 Å². The predicted octanol–water partition coefficient (Wildman–Crippen LogP) is 3.67. The van der Waals surface area contributed by atoms with Gasteiger partial charge in [-0.3, -0.25) is 9.59 Å². The molecule has 1 fully saturated rings. The van der Waals surface area contributed by atoms with Gasteiger partial charge in [0.1, 0.15) is 11.6 Å². The number of aliphatic hydroxyl groups is 1. The molecule has 0 unspecified atom stereocenters. The second-order valence-electron chi connectivity index (χ2n) is 6.57. The highest BCUT2D eigenvalue weighted by molar-refractivity contribution is 5.90. The van der Waals surface area contributed by atoms with Crippen LogP contribution in [0.25, 0.3) is 0 Å². The second kappa shape index (κ2) is 7.92. The molecule has 1 rings (SSSR count). The molecule has 3 atom stereocenters. The first-order valence-electron chi connectivity index (χ1n) is 8.15. The van der Waals surface area contributed by atoms with Crippen molar-refractivity contribution in [3.8, 4) is 0 Å². The molecule has 3 heteroatoms. The maximum Gasteiger partial charge on any atom is 0.136 e. The topological polar surface area (TPSA) is 54.4 Å². The Morgan fingerprint density at radius 2 is 1.75 bits per heavy atom. The molecule has 0 aliphatic heterocycles. The predicted molar refractivity (Wildman–Crippen MR) is 80.5 cm³/mol. The molecule has 0 bridgehead atoms. The van der Waals surface area contributed by atoms with Crippen LogP contribution in [0.3, 0.4) is 0 Å². The van der Waals surface area contributed by atoms with Crippen molar-refractivity contribution in [1.82, 2.24) is 0 Å². The highest BCUT2D eigenvalue weighted by Crippen LogP contribution is 2.41. The van der Waals surface area contributed by atoms with Gasteiger partial charge in [-0.15, -0.1) is 0 Å². The largest absolute Gasteiger partial charge is 0.389 e. The van der Waals surface area contributed by atoms with E-state index in [1.807, 2.05) is 0 Å². The highest BCUT2D eigenvalue weighted by Gasteiger charge is 2.48. The molecular formula is C17H30O3. The van der Waals surface area contributed by atoms with E-state index in [-0.39, 0.29) is 17.5 Å². The SMILES string of the molecule is CCCCCCCCC(=O)[C@@H]1CC[C@](C)(O)[C@@H]1C(C)=O. The normalized spacial score (nSPS) is 29.6. The molecule has 0 aromatic carbocycles. The van der Waals surface area contributed by atoms with E-state index in [4.69, 9.17) is 0 Å². The summed E-state index contributed by atoms with van der Waals surface area (Å²) in [6.07, 6.45) is 8.75. The first-order chi connectivity index (χ1) is 9.40. The lowest BCUT2D eigenvalue weighted by atomic mass is 9.81. The van der Waals surface area contributed by atoms with Gasteiger partial charge < -0.3 is 5.11 Å². The van der Waals surface area contributed by atoms with Crippen molar-refractivity contribution in [2.75, 3.05) is 0 Å². The van der Waals surface area contributed by atoms with Crippen molar-refractivity contribution in [2.45, 2.75) is 84.2 Å². The molecule has 0 aromatic heterocycles. The van der Waals surface area contributed by atoms with E-state index in [0.29, 0.717) is 19.3 Å². The monoisotopic (exact) mass is 282 g/mol. The van der Waals surface area contributed by atoms with Gasteiger partial charge in [-0.25, -0.2) is 0 Å². The summed E-state index contributed by atoms with van der Waals surface area (Å²) in [7, 11) is 0. The number of ketones is 2. The third-order valence-corrected chi connectivity index (χ3v) is 4.66. The van der Waals surface area contributed by atoms with Crippen molar-refractivity contribution in [1.29, 1.82) is 0 Å². The van der Waals surface area contributed by atoms with Gasteiger partial charge in [-0.05, 0) is 33.1 Å². The summed E-state index contributed by atoms with van der Waals surface area (Å²) >= 11 is 0. The molecule has 1 aliphatic carbocycles. The number of rotatable bonds is 9. The highest BCUT2D eigenvalue weighted by atomic mass is 16.3. The minimum absolute atomic E-state index is 0.0474. The van der Waals surface area contributed by atoms with Crippen LogP contribution in [-0.4, -0.2) is 22.3 Å². The average molecular weight is 282 g/mol. The number of hydrogen-bond donors (Lipinski definition) is 1. The van der Waals surface area contributed by atoms with Gasteiger partial charge in [0, 0.05) is 12.3 Å². The van der Waals surface area contributed by atoms with Gasteiger partial charge >= 0.3 is 0 Å². The van der Waals surface area contributed by atoms with Crippen LogP contribution in [0.5, 0.6) is 0 Å². The van der Waals surface area contributed by atoms with E-state index >= 15 is 0 Å². The maximum absolute atomic E-state index is 12.3. The summed E-state index contributed by atoms with van der Waals surface area (Å²) in [6.45, 7) is 5.38. The minimum atomic E-state index is -0.993. The molecule has 116 valence electrons. The first-order valence-corrected chi connectivity index (χ1v) is 8.15. The van der Waals surface area contributed by atoms with Gasteiger partial charge in [0.25, 0.3) is 0 Å². The standard InChI is InChI=1S/C17H30O3/c1-4-5-6-7-8-9-10-15(19)14-11-12-17(3,20)16(14)13(2)18/h14,16,20H,4-12H2,1-3H3/t14-,16+,17-/m0/s1. The Morgan fingerprint density at radius 3 is 2.35 bits per heavy atom. The van der Waals surface area contributed by atoms with Crippen LogP contribution in [0.2, 0.25) is 0 Å². The minimum Gasteiger partial charge on any atom is -0.389 e. The number of carbonyl (C=O) groups excluding carboxylic acids is 2. The van der Waals surface area contributed by atoms with E-state index in [1.165, 1.54) is 32.6 Å². The molecule has 1 aliphatic rings. The molecule has 1 N–H and O–H groups in total. The number of unbranched alkanes of at least 4 members (excludes halogenated alkanes) is 5. The molecule has 0 spiro atoms. The van der Waals surface area contributed by atoms with Gasteiger partial charge in [0.05, 0.1) is 11.5 Å². The molecule has 0 saturated heterocycles. The summed E-state index contributed by atoms with van der Waals surface area (Å²) in [5.41, 5.74) is -0.993. The quantitative estimate of drug-likeness (QED) is 0.656. The van der Waals surface area contributed by atoms with Gasteiger partial charge in [0.2, 0.25) is 0 Å². The summed E-state index contributed by atoms with van der Waals surface area (Å²) in [6, 6.07) is 0. The lowest BCUT2D eigenvalue weighted by Crippen LogP contribution is -2.38. The first kappa shape index (κ1) is 17.4. The number of hydrogen-bond acceptors (Lipinski definition) is 3. The summed E-state index contributed by atoms with van der Waals surface area (Å²) in [5, 5.41) is 10.2. The molecule has 3 nitrogen and oxygen atoms in total. The molecule has 1 saturated carbocycles. The van der Waals surface area contributed by atoms with Crippen LogP contribution < -0.4 is 0 Å². The van der Waals surface area contributed by atoms with Crippen molar-refractivity contribution in [3.63, 3.8) is 0 Å². The lowest BCUT2D eigenvalue weighted by molar-refractivity contribution is -0.136. The van der Waals surface area contributed by atoms with Gasteiger partial charge in [-0.2, -0.15) is 0 Å². The average Bonchev–Trinajstić information content (AvgIpc) is 2.69. The fourth-order valence-electron chi connectivity index (χ4n) is 3.54. The Kier molecular flexibility index (Phi) is 6.87. The third-order valence-electron chi connectivity index (χ3n) is 4.66. The molecule has 0 amide bonds. The summed E-state index contributed by atoms with van der Waals surface area (Å²) < 4.78 is 0. The van der Waals surface area contributed by atoms with E-state index in [2.05, 4.69) is 6.92 Å². The number of carbonyl (C=O) groups is 2. The smallest absolute Gasteiger partial charge is 0.136 e. The number of Topliss-reactive ketones (excluding diaryl/α,β-unsaturated/α-hetero) is 2. The molecule has 0 heterocycles. The van der Waals surface area contributed by atoms with Crippen LogP contribution in [-0.2, 0) is 9.59 Å². The maximum atomic E-state index is 12.3. The summed E-state index contributed by atoms with van der Waals surface area (Å²) in [5.74, 6) is -0.611. The van der Waals surface area contributed by atoms with Crippen LogP contribution >= 0.6 is 0 Å². The Hall–Kier alpha value is -0.700. The zero-order valence-corrected chi connectivity index (χ0v) is 13.3. The van der Waals surface area contributed by atoms with Gasteiger partial charge in [0.15, 0.2) is 0 Å². The van der Waals surface area contributed by atoms with Crippen molar-refractivity contribution >= 4 is 11.6 Å². The van der Waals surface area contributed by atoms with Crippen molar-refractivity contribution in [2.24, 2.45) is 11.8 Å². The van der Waals surface area contributed by atoms with E-state index in [0.717, 1.165) is 12.8 Å². The Morgan fingerprint density at radius 1 is 1.15 bits per heavy atom. The van der Waals surface area contributed by atoms with E-state index in [1.54, 1.807) is 6.92 Å². The van der Waals surface area contributed by atoms with Crippen LogP contribution in [0.1, 0.15) is 78.6 Å². The fraction of sp³-hybridized carbons (Fsp3) is 0.882. The zero-order chi connectivity index (χ0) is 15.2. The molecule has 20 heavy (non-hydrogen) atoms. The fourth-order valence-corrected chi connectivity index (χ4v) is 3.54. The third kappa shape index (κ3) is 4.69. The Bertz CT molecular complexity index is 333. The lowest BCUT2D eigenvalue weighted by Gasteiger charge is -2.26. The second-order valence-corrected chi connectivity index (χ2v) is 6.57. The van der Waals surface area contributed by atoms with Crippen LogP contribution in [0, 0.1) is 11.8 Å². The van der Waals surface area contributed by atoms with Crippen molar-refractivity contribution < 1.29 is 14.7 Å². The molecule has 0 radical (unpaired) electrons. The summed E-state index contributed by atoms with van der Waals surface area (Å²) in [4.78, 5) is 24.0. The van der Waals surface area contributed by atoms with Crippen LogP contribution in [0.4, 0.5) is 0 Å². The zero-order valence-electron chi connectivity index (χ0n) is 13.3. The van der Waals surface area contributed by atoms with Crippen molar-refractivity contribution in [3.05, 3.63) is 0 Å². The Balaban J connectivity index is 2.37. The Labute approximate surface area is 123 Å². The van der Waals surface area contributed by atoms with Crippen LogP contribution in [0.15, 0.2) is 0 Å². The van der Waals surface area contributed by atoms with E-state index in [9.17, 15) is 14.7 Å². The molecule has 0 aromatic rings. The van der Waals surface area contributed by atoms with E-state index < -0.39 is 11.5 Å².